The SMILES string of the molecule is CCCC(C)CN1CCCCCC1CC(C)N. The summed E-state index contributed by atoms with van der Waals surface area (Å²) in [7, 11) is 0. The second kappa shape index (κ2) is 8.10. The van der Waals surface area contributed by atoms with E-state index in [0.29, 0.717) is 6.04 Å². The number of hydrogen-bond acceptors (Lipinski definition) is 2. The number of likely N-dealkylation sites (tertiary alicyclic amines) is 1. The van der Waals surface area contributed by atoms with Gasteiger partial charge in [-0.1, -0.05) is 33.1 Å². The summed E-state index contributed by atoms with van der Waals surface area (Å²) in [4.78, 5) is 2.73. The molecular formula is C15H32N2. The molecule has 2 N–H and O–H groups in total. The molecule has 0 aliphatic carbocycles. The van der Waals surface area contributed by atoms with E-state index < -0.39 is 0 Å². The molecule has 2 nitrogen and oxygen atoms in total. The molecule has 0 bridgehead atoms. The van der Waals surface area contributed by atoms with Crippen molar-refractivity contribution in [1.82, 2.24) is 4.90 Å². The molecule has 17 heavy (non-hydrogen) atoms. The van der Waals surface area contributed by atoms with Gasteiger partial charge in [0.2, 0.25) is 0 Å². The van der Waals surface area contributed by atoms with Crippen LogP contribution in [0.15, 0.2) is 0 Å². The Balaban J connectivity index is 2.49. The van der Waals surface area contributed by atoms with Crippen molar-refractivity contribution in [3.05, 3.63) is 0 Å². The molecular weight excluding hydrogens is 208 g/mol. The molecule has 1 aliphatic heterocycles. The molecule has 1 aliphatic rings. The Morgan fingerprint density at radius 2 is 2.00 bits per heavy atom. The highest BCUT2D eigenvalue weighted by atomic mass is 15.2. The third kappa shape index (κ3) is 5.87. The summed E-state index contributed by atoms with van der Waals surface area (Å²) in [6.45, 7) is 9.42. The number of rotatable bonds is 6. The average Bonchev–Trinajstić information content (AvgIpc) is 2.44. The number of nitrogens with two attached hydrogens (primary N) is 1. The fourth-order valence-corrected chi connectivity index (χ4v) is 3.16. The largest absolute Gasteiger partial charge is 0.328 e. The maximum absolute atomic E-state index is 6.00. The third-order valence-electron chi connectivity index (χ3n) is 3.97. The van der Waals surface area contributed by atoms with E-state index in [4.69, 9.17) is 5.73 Å². The van der Waals surface area contributed by atoms with Gasteiger partial charge in [0.05, 0.1) is 0 Å². The molecule has 1 rings (SSSR count). The van der Waals surface area contributed by atoms with Crippen molar-refractivity contribution < 1.29 is 0 Å². The van der Waals surface area contributed by atoms with Gasteiger partial charge in [0.1, 0.15) is 0 Å². The lowest BCUT2D eigenvalue weighted by Gasteiger charge is -2.33. The first-order valence-electron chi connectivity index (χ1n) is 7.63. The summed E-state index contributed by atoms with van der Waals surface area (Å²) < 4.78 is 0. The molecule has 0 spiro atoms. The van der Waals surface area contributed by atoms with E-state index in [0.717, 1.165) is 12.0 Å². The molecule has 1 heterocycles. The topological polar surface area (TPSA) is 29.3 Å². The highest BCUT2D eigenvalue weighted by Gasteiger charge is 2.22. The van der Waals surface area contributed by atoms with Gasteiger partial charge in [0.15, 0.2) is 0 Å². The van der Waals surface area contributed by atoms with Gasteiger partial charge in [-0.25, -0.2) is 0 Å². The van der Waals surface area contributed by atoms with Crippen LogP contribution in [0.4, 0.5) is 0 Å². The Morgan fingerprint density at radius 3 is 2.65 bits per heavy atom. The van der Waals surface area contributed by atoms with Crippen LogP contribution in [0.5, 0.6) is 0 Å². The lowest BCUT2D eigenvalue weighted by Crippen LogP contribution is -2.41. The van der Waals surface area contributed by atoms with Crippen LogP contribution < -0.4 is 5.73 Å². The first-order chi connectivity index (χ1) is 8.13. The van der Waals surface area contributed by atoms with Gasteiger partial charge in [-0.2, -0.15) is 0 Å². The van der Waals surface area contributed by atoms with E-state index in [2.05, 4.69) is 25.7 Å². The Hall–Kier alpha value is -0.0800. The monoisotopic (exact) mass is 240 g/mol. The van der Waals surface area contributed by atoms with Gasteiger partial charge >= 0.3 is 0 Å². The van der Waals surface area contributed by atoms with Crippen LogP contribution in [0.1, 0.15) is 65.7 Å². The average molecular weight is 240 g/mol. The smallest absolute Gasteiger partial charge is 0.0110 e. The molecule has 0 aromatic carbocycles. The van der Waals surface area contributed by atoms with Crippen LogP contribution in [0, 0.1) is 5.92 Å². The van der Waals surface area contributed by atoms with Crippen LogP contribution in [0.2, 0.25) is 0 Å². The van der Waals surface area contributed by atoms with E-state index in [1.54, 1.807) is 0 Å². The van der Waals surface area contributed by atoms with Gasteiger partial charge in [0, 0.05) is 18.6 Å². The Kier molecular flexibility index (Phi) is 7.14. The van der Waals surface area contributed by atoms with E-state index >= 15 is 0 Å². The lowest BCUT2D eigenvalue weighted by molar-refractivity contribution is 0.157. The summed E-state index contributed by atoms with van der Waals surface area (Å²) >= 11 is 0. The molecule has 3 unspecified atom stereocenters. The molecule has 0 saturated carbocycles. The molecule has 1 fully saturated rings. The number of nitrogens with zero attached hydrogens (tertiary/aromatic N) is 1. The van der Waals surface area contributed by atoms with Crippen molar-refractivity contribution in [1.29, 1.82) is 0 Å². The fraction of sp³-hybridized carbons (Fsp3) is 1.00. The van der Waals surface area contributed by atoms with Crippen molar-refractivity contribution in [2.45, 2.75) is 77.8 Å². The second-order valence-electron chi connectivity index (χ2n) is 6.10. The first kappa shape index (κ1) is 15.0. The fourth-order valence-electron chi connectivity index (χ4n) is 3.16. The van der Waals surface area contributed by atoms with Gasteiger partial charge in [0.25, 0.3) is 0 Å². The molecule has 0 aromatic heterocycles. The minimum atomic E-state index is 0.349. The van der Waals surface area contributed by atoms with E-state index in [-0.39, 0.29) is 0 Å². The Bertz CT molecular complexity index is 191. The maximum atomic E-state index is 6.00. The lowest BCUT2D eigenvalue weighted by atomic mass is 10.00. The quantitative estimate of drug-likeness (QED) is 0.771. The summed E-state index contributed by atoms with van der Waals surface area (Å²) in [5.41, 5.74) is 6.00. The zero-order valence-electron chi connectivity index (χ0n) is 12.1. The van der Waals surface area contributed by atoms with Gasteiger partial charge in [-0.3, -0.25) is 0 Å². The molecule has 0 aromatic rings. The molecule has 1 saturated heterocycles. The maximum Gasteiger partial charge on any atom is 0.0110 e. The van der Waals surface area contributed by atoms with Crippen molar-refractivity contribution in [3.8, 4) is 0 Å². The minimum absolute atomic E-state index is 0.349. The molecule has 0 amide bonds. The standard InChI is InChI=1S/C15H32N2/c1-4-8-13(2)12-17-10-7-5-6-9-15(17)11-14(3)16/h13-15H,4-12,16H2,1-3H3. The Morgan fingerprint density at radius 1 is 1.24 bits per heavy atom. The van der Waals surface area contributed by atoms with Crippen molar-refractivity contribution in [2.24, 2.45) is 11.7 Å². The van der Waals surface area contributed by atoms with Crippen molar-refractivity contribution in [2.75, 3.05) is 13.1 Å². The molecule has 3 atom stereocenters. The zero-order valence-corrected chi connectivity index (χ0v) is 12.1. The highest BCUT2D eigenvalue weighted by molar-refractivity contribution is 4.79. The van der Waals surface area contributed by atoms with Crippen LogP contribution in [0.25, 0.3) is 0 Å². The predicted molar refractivity (Wildman–Crippen MR) is 76.2 cm³/mol. The number of hydrogen-bond donors (Lipinski definition) is 1. The predicted octanol–water partition coefficient (Wildman–Crippen LogP) is 3.40. The van der Waals surface area contributed by atoms with Gasteiger partial charge in [-0.05, 0) is 45.1 Å². The normalized spacial score (nSPS) is 26.5. The summed E-state index contributed by atoms with van der Waals surface area (Å²) in [5.74, 6) is 0.841. The molecule has 2 heteroatoms. The summed E-state index contributed by atoms with van der Waals surface area (Å²) in [5, 5.41) is 0. The van der Waals surface area contributed by atoms with E-state index in [9.17, 15) is 0 Å². The van der Waals surface area contributed by atoms with Gasteiger partial charge in [-0.15, -0.1) is 0 Å². The van der Waals surface area contributed by atoms with Crippen molar-refractivity contribution in [3.63, 3.8) is 0 Å². The van der Waals surface area contributed by atoms with Gasteiger partial charge < -0.3 is 10.6 Å². The summed E-state index contributed by atoms with van der Waals surface area (Å²) in [6, 6.07) is 1.10. The van der Waals surface area contributed by atoms with Crippen LogP contribution in [-0.4, -0.2) is 30.1 Å². The zero-order chi connectivity index (χ0) is 12.7. The van der Waals surface area contributed by atoms with Crippen LogP contribution in [0.3, 0.4) is 0 Å². The van der Waals surface area contributed by atoms with E-state index in [1.807, 2.05) is 0 Å². The van der Waals surface area contributed by atoms with Crippen molar-refractivity contribution >= 4 is 0 Å². The first-order valence-corrected chi connectivity index (χ1v) is 7.63. The molecule has 102 valence electrons. The second-order valence-corrected chi connectivity index (χ2v) is 6.10. The molecule has 0 radical (unpaired) electrons. The highest BCUT2D eigenvalue weighted by Crippen LogP contribution is 2.22. The van der Waals surface area contributed by atoms with Crippen LogP contribution >= 0.6 is 0 Å². The minimum Gasteiger partial charge on any atom is -0.328 e. The van der Waals surface area contributed by atoms with E-state index in [1.165, 1.54) is 58.0 Å². The Labute approximate surface area is 108 Å². The third-order valence-corrected chi connectivity index (χ3v) is 3.97. The van der Waals surface area contributed by atoms with Crippen LogP contribution in [-0.2, 0) is 0 Å². The summed E-state index contributed by atoms with van der Waals surface area (Å²) in [6.07, 6.45) is 9.41.